The predicted octanol–water partition coefficient (Wildman–Crippen LogP) is 8.48. The van der Waals surface area contributed by atoms with Crippen molar-refractivity contribution in [2.75, 3.05) is 0 Å². The van der Waals surface area contributed by atoms with Crippen molar-refractivity contribution < 1.29 is 4.74 Å². The summed E-state index contributed by atoms with van der Waals surface area (Å²) in [5.74, 6) is 1.42. The Bertz CT molecular complexity index is 2060. The quantitative estimate of drug-likeness (QED) is 0.173. The zero-order valence-electron chi connectivity index (χ0n) is 24.9. The van der Waals surface area contributed by atoms with E-state index in [1.807, 2.05) is 45.0 Å². The van der Waals surface area contributed by atoms with E-state index in [1.54, 1.807) is 12.3 Å². The molecule has 0 saturated carbocycles. The number of benzene rings is 4. The van der Waals surface area contributed by atoms with Crippen molar-refractivity contribution in [3.63, 3.8) is 0 Å². The summed E-state index contributed by atoms with van der Waals surface area (Å²) in [6.07, 6.45) is 1.75. The van der Waals surface area contributed by atoms with Crippen LogP contribution in [0.2, 0.25) is 0 Å². The van der Waals surface area contributed by atoms with Gasteiger partial charge in [0.1, 0.15) is 18.2 Å². The average molecular weight is 634 g/mol. The zero-order valence-corrected chi connectivity index (χ0v) is 26.5. The van der Waals surface area contributed by atoms with Gasteiger partial charge in [0.25, 0.3) is 5.56 Å². The van der Waals surface area contributed by atoms with Crippen molar-refractivity contribution in [2.24, 2.45) is 5.10 Å². The van der Waals surface area contributed by atoms with Crippen LogP contribution in [0.4, 0.5) is 0 Å². The Balaban J connectivity index is 1.28. The third-order valence-electron chi connectivity index (χ3n) is 7.63. The molecule has 6 aromatic rings. The van der Waals surface area contributed by atoms with Gasteiger partial charge in [-0.25, -0.2) is 4.98 Å². The standard InChI is InChI=1S/C36H33BrN4O2/c1-23-19-27(21-38-41-34(42)32-20-28(37)13-18-33(32)39-35(41)36(3,4)5)24(2)40(23)29-14-16-30(17-15-29)43-22-26-11-8-10-25-9-6-7-12-31(25)26/h6-21H,22H2,1-5H3. The first-order valence-electron chi connectivity index (χ1n) is 14.3. The second-order valence-electron chi connectivity index (χ2n) is 11.8. The number of ether oxygens (including phenoxy) is 1. The zero-order chi connectivity index (χ0) is 30.3. The number of hydrogen-bond acceptors (Lipinski definition) is 4. The first-order chi connectivity index (χ1) is 20.6. The molecule has 0 saturated heterocycles. The average Bonchev–Trinajstić information content (AvgIpc) is 3.27. The molecule has 0 aliphatic carbocycles. The van der Waals surface area contributed by atoms with Gasteiger partial charge in [-0.3, -0.25) is 4.79 Å². The lowest BCUT2D eigenvalue weighted by molar-refractivity contribution is 0.307. The lowest BCUT2D eigenvalue weighted by atomic mass is 9.95. The molecule has 0 radical (unpaired) electrons. The molecule has 0 fully saturated rings. The fourth-order valence-electron chi connectivity index (χ4n) is 5.45. The smallest absolute Gasteiger partial charge is 0.282 e. The van der Waals surface area contributed by atoms with Gasteiger partial charge in [-0.2, -0.15) is 9.78 Å². The Labute approximate surface area is 259 Å². The van der Waals surface area contributed by atoms with Gasteiger partial charge in [0.15, 0.2) is 0 Å². The van der Waals surface area contributed by atoms with E-state index in [9.17, 15) is 4.79 Å². The van der Waals surface area contributed by atoms with E-state index < -0.39 is 0 Å². The van der Waals surface area contributed by atoms with E-state index in [0.29, 0.717) is 23.3 Å². The molecule has 4 aromatic carbocycles. The van der Waals surface area contributed by atoms with Gasteiger partial charge in [-0.1, -0.05) is 79.2 Å². The maximum absolute atomic E-state index is 13.6. The number of rotatable bonds is 6. The van der Waals surface area contributed by atoms with E-state index in [1.165, 1.54) is 15.4 Å². The minimum absolute atomic E-state index is 0.194. The van der Waals surface area contributed by atoms with Crippen LogP contribution >= 0.6 is 15.9 Å². The van der Waals surface area contributed by atoms with Gasteiger partial charge >= 0.3 is 0 Å². The van der Waals surface area contributed by atoms with Crippen LogP contribution in [0.5, 0.6) is 5.75 Å². The lowest BCUT2D eigenvalue weighted by Crippen LogP contribution is -2.29. The monoisotopic (exact) mass is 632 g/mol. The van der Waals surface area contributed by atoms with Gasteiger partial charge in [0, 0.05) is 32.5 Å². The second-order valence-corrected chi connectivity index (χ2v) is 12.7. The molecule has 43 heavy (non-hydrogen) atoms. The van der Waals surface area contributed by atoms with Crippen LogP contribution in [0.25, 0.3) is 27.4 Å². The van der Waals surface area contributed by atoms with Crippen molar-refractivity contribution in [2.45, 2.75) is 46.6 Å². The molecule has 6 rings (SSSR count). The van der Waals surface area contributed by atoms with Crippen LogP contribution in [0.1, 0.15) is 49.1 Å². The molecule has 216 valence electrons. The van der Waals surface area contributed by atoms with Crippen molar-refractivity contribution in [1.82, 2.24) is 14.2 Å². The van der Waals surface area contributed by atoms with Crippen LogP contribution in [0, 0.1) is 13.8 Å². The Morgan fingerprint density at radius 3 is 2.42 bits per heavy atom. The van der Waals surface area contributed by atoms with E-state index in [2.05, 4.69) is 100 Å². The fourth-order valence-corrected chi connectivity index (χ4v) is 5.81. The SMILES string of the molecule is Cc1cc(C=Nn2c(C(C)(C)C)nc3ccc(Br)cc3c2=O)c(C)n1-c1ccc(OCc2cccc3ccccc23)cc1. The minimum atomic E-state index is -0.383. The summed E-state index contributed by atoms with van der Waals surface area (Å²) in [7, 11) is 0. The van der Waals surface area contributed by atoms with E-state index in [0.717, 1.165) is 38.4 Å². The number of fused-ring (bicyclic) bond motifs is 2. The van der Waals surface area contributed by atoms with Gasteiger partial charge < -0.3 is 9.30 Å². The Hall–Kier alpha value is -4.49. The molecule has 0 aliphatic heterocycles. The van der Waals surface area contributed by atoms with Crippen LogP contribution < -0.4 is 10.3 Å². The molecule has 0 aliphatic rings. The number of aryl methyl sites for hydroxylation is 1. The van der Waals surface area contributed by atoms with Gasteiger partial charge in [-0.05, 0) is 78.7 Å². The first kappa shape index (κ1) is 28.6. The van der Waals surface area contributed by atoms with Crippen LogP contribution in [-0.2, 0) is 12.0 Å². The first-order valence-corrected chi connectivity index (χ1v) is 15.1. The highest BCUT2D eigenvalue weighted by Gasteiger charge is 2.23. The Morgan fingerprint density at radius 1 is 0.907 bits per heavy atom. The highest BCUT2D eigenvalue weighted by molar-refractivity contribution is 9.10. The van der Waals surface area contributed by atoms with Gasteiger partial charge in [0.05, 0.1) is 17.1 Å². The van der Waals surface area contributed by atoms with Crippen LogP contribution in [0.15, 0.2) is 105 Å². The van der Waals surface area contributed by atoms with Crippen LogP contribution in [0.3, 0.4) is 0 Å². The summed E-state index contributed by atoms with van der Waals surface area (Å²) in [5.41, 5.74) is 5.28. The van der Waals surface area contributed by atoms with E-state index in [-0.39, 0.29) is 11.0 Å². The second kappa shape index (κ2) is 11.3. The number of aromatic nitrogens is 3. The number of hydrogen-bond donors (Lipinski definition) is 0. The summed E-state index contributed by atoms with van der Waals surface area (Å²) in [6, 6.07) is 30.4. The summed E-state index contributed by atoms with van der Waals surface area (Å²) >= 11 is 3.47. The highest BCUT2D eigenvalue weighted by atomic mass is 79.9. The normalized spacial score (nSPS) is 12.0. The van der Waals surface area contributed by atoms with Crippen molar-refractivity contribution >= 4 is 43.8 Å². The summed E-state index contributed by atoms with van der Waals surface area (Å²) in [5, 5.41) is 7.63. The van der Waals surface area contributed by atoms with Crippen LogP contribution in [-0.4, -0.2) is 20.4 Å². The van der Waals surface area contributed by atoms with Crippen molar-refractivity contribution in [3.8, 4) is 11.4 Å². The molecule has 2 heterocycles. The Morgan fingerprint density at radius 2 is 1.65 bits per heavy atom. The van der Waals surface area contributed by atoms with Gasteiger partial charge in [0.2, 0.25) is 0 Å². The lowest BCUT2D eigenvalue weighted by Gasteiger charge is -2.20. The number of halogens is 1. The molecule has 0 amide bonds. The Kier molecular flexibility index (Phi) is 7.52. The van der Waals surface area contributed by atoms with E-state index in [4.69, 9.17) is 9.72 Å². The fraction of sp³-hybridized carbons (Fsp3) is 0.194. The molecular weight excluding hydrogens is 600 g/mol. The molecule has 6 nitrogen and oxygen atoms in total. The highest BCUT2D eigenvalue weighted by Crippen LogP contribution is 2.26. The molecule has 0 bridgehead atoms. The minimum Gasteiger partial charge on any atom is -0.489 e. The largest absolute Gasteiger partial charge is 0.489 e. The maximum Gasteiger partial charge on any atom is 0.282 e. The summed E-state index contributed by atoms with van der Waals surface area (Å²) < 4.78 is 10.6. The molecule has 7 heteroatoms. The predicted molar refractivity (Wildman–Crippen MR) is 179 cm³/mol. The molecule has 2 aromatic heterocycles. The van der Waals surface area contributed by atoms with Gasteiger partial charge in [-0.15, -0.1) is 0 Å². The topological polar surface area (TPSA) is 61.4 Å². The third-order valence-corrected chi connectivity index (χ3v) is 8.12. The van der Waals surface area contributed by atoms with E-state index >= 15 is 0 Å². The molecule has 0 unspecified atom stereocenters. The molecule has 0 atom stereocenters. The molecule has 0 spiro atoms. The van der Waals surface area contributed by atoms with Crippen molar-refractivity contribution in [1.29, 1.82) is 0 Å². The third kappa shape index (κ3) is 5.65. The molecular formula is C36H33BrN4O2. The maximum atomic E-state index is 13.6. The van der Waals surface area contributed by atoms with Crippen molar-refractivity contribution in [3.05, 3.63) is 134 Å². The molecule has 0 N–H and O–H groups in total. The summed E-state index contributed by atoms with van der Waals surface area (Å²) in [6.45, 7) is 10.7. The summed E-state index contributed by atoms with van der Waals surface area (Å²) in [4.78, 5) is 18.4. The number of nitrogens with zero attached hydrogens (tertiary/aromatic N) is 4.